The van der Waals surface area contributed by atoms with Gasteiger partial charge in [0.25, 0.3) is 0 Å². The number of benzene rings is 1. The van der Waals surface area contributed by atoms with Gasteiger partial charge in [-0.05, 0) is 6.07 Å². The van der Waals surface area contributed by atoms with E-state index in [1.165, 1.54) is 7.11 Å². The first-order valence-electron chi connectivity index (χ1n) is 4.03. The second kappa shape index (κ2) is 5.06. The summed E-state index contributed by atoms with van der Waals surface area (Å²) in [6, 6.07) is 1.38. The van der Waals surface area contributed by atoms with Gasteiger partial charge in [-0.15, -0.1) is 0 Å². The number of hydrogen-bond donors (Lipinski definition) is 2. The lowest BCUT2D eigenvalue weighted by molar-refractivity contribution is 0.0482. The van der Waals surface area contributed by atoms with Gasteiger partial charge >= 0.3 is 7.12 Å². The van der Waals surface area contributed by atoms with E-state index in [4.69, 9.17) is 14.8 Å². The number of halogens is 2. The third-order valence-electron chi connectivity index (χ3n) is 1.66. The van der Waals surface area contributed by atoms with Gasteiger partial charge < -0.3 is 19.5 Å². The lowest BCUT2D eigenvalue weighted by Gasteiger charge is -2.08. The molecular weight excluding hydrogens is 209 g/mol. The van der Waals surface area contributed by atoms with Crippen molar-refractivity contribution in [2.75, 3.05) is 13.9 Å². The molecule has 0 saturated heterocycles. The van der Waals surface area contributed by atoms with Crippen LogP contribution in [0.3, 0.4) is 0 Å². The maximum Gasteiger partial charge on any atom is 0.491 e. The first kappa shape index (κ1) is 11.9. The third-order valence-corrected chi connectivity index (χ3v) is 1.66. The highest BCUT2D eigenvalue weighted by atomic mass is 19.1. The van der Waals surface area contributed by atoms with Crippen LogP contribution in [0.4, 0.5) is 8.78 Å². The molecule has 1 aromatic carbocycles. The summed E-state index contributed by atoms with van der Waals surface area (Å²) in [5, 5.41) is 17.5. The van der Waals surface area contributed by atoms with Crippen LogP contribution in [0.1, 0.15) is 0 Å². The van der Waals surface area contributed by atoms with E-state index in [0.717, 1.165) is 6.07 Å². The fourth-order valence-corrected chi connectivity index (χ4v) is 0.976. The average Bonchev–Trinajstić information content (AvgIpc) is 2.16. The van der Waals surface area contributed by atoms with Crippen molar-refractivity contribution in [3.8, 4) is 5.75 Å². The highest BCUT2D eigenvalue weighted by molar-refractivity contribution is 6.58. The average molecular weight is 218 g/mol. The molecule has 0 atom stereocenters. The minimum Gasteiger partial charge on any atom is -0.465 e. The number of hydrogen-bond acceptors (Lipinski definition) is 4. The zero-order valence-electron chi connectivity index (χ0n) is 7.91. The Hall–Kier alpha value is -1.18. The second-order valence-corrected chi connectivity index (χ2v) is 2.73. The van der Waals surface area contributed by atoms with Gasteiger partial charge in [0.2, 0.25) is 0 Å². The Balaban J connectivity index is 3.00. The predicted octanol–water partition coefficient (Wildman–Crippen LogP) is -0.373. The Labute approximate surface area is 85.2 Å². The minimum atomic E-state index is -2.02. The fraction of sp³-hybridized carbons (Fsp3) is 0.250. The van der Waals surface area contributed by atoms with Gasteiger partial charge in [0.1, 0.15) is 5.82 Å². The van der Waals surface area contributed by atoms with Crippen LogP contribution in [-0.2, 0) is 4.74 Å². The second-order valence-electron chi connectivity index (χ2n) is 2.73. The SMILES string of the molecule is COCOc1cc(B(O)O)c(F)cc1F. The van der Waals surface area contributed by atoms with Crippen LogP contribution in [0.2, 0.25) is 0 Å². The predicted molar refractivity (Wildman–Crippen MR) is 48.7 cm³/mol. The molecule has 7 heteroatoms. The molecule has 82 valence electrons. The monoisotopic (exact) mass is 218 g/mol. The van der Waals surface area contributed by atoms with E-state index in [9.17, 15) is 8.78 Å². The molecule has 15 heavy (non-hydrogen) atoms. The maximum atomic E-state index is 13.0. The van der Waals surface area contributed by atoms with Crippen LogP contribution < -0.4 is 10.2 Å². The third kappa shape index (κ3) is 2.88. The Morgan fingerprint density at radius 3 is 2.47 bits per heavy atom. The molecular formula is C8H9BF2O4. The largest absolute Gasteiger partial charge is 0.491 e. The van der Waals surface area contributed by atoms with E-state index < -0.39 is 24.2 Å². The first-order chi connectivity index (χ1) is 7.06. The molecule has 0 aromatic heterocycles. The molecule has 0 radical (unpaired) electrons. The Bertz CT molecular complexity index is 346. The summed E-state index contributed by atoms with van der Waals surface area (Å²) in [7, 11) is -0.682. The van der Waals surface area contributed by atoms with Gasteiger partial charge in [-0.3, -0.25) is 0 Å². The molecule has 2 N–H and O–H groups in total. The van der Waals surface area contributed by atoms with Crippen molar-refractivity contribution in [1.82, 2.24) is 0 Å². The molecule has 1 rings (SSSR count). The number of rotatable bonds is 4. The van der Waals surface area contributed by atoms with Gasteiger partial charge in [-0.1, -0.05) is 0 Å². The van der Waals surface area contributed by atoms with Crippen molar-refractivity contribution >= 4 is 12.6 Å². The van der Waals surface area contributed by atoms with Crippen LogP contribution in [0.15, 0.2) is 12.1 Å². The summed E-state index contributed by atoms with van der Waals surface area (Å²) >= 11 is 0. The molecule has 4 nitrogen and oxygen atoms in total. The fourth-order valence-electron chi connectivity index (χ4n) is 0.976. The minimum absolute atomic E-state index is 0.219. The van der Waals surface area contributed by atoms with Crippen molar-refractivity contribution in [2.24, 2.45) is 0 Å². The molecule has 0 aliphatic carbocycles. The quantitative estimate of drug-likeness (QED) is 0.534. The molecule has 0 unspecified atom stereocenters. The topological polar surface area (TPSA) is 58.9 Å². The highest BCUT2D eigenvalue weighted by Crippen LogP contribution is 2.16. The Morgan fingerprint density at radius 1 is 1.27 bits per heavy atom. The molecule has 0 fully saturated rings. The van der Waals surface area contributed by atoms with Gasteiger partial charge in [0, 0.05) is 18.6 Å². The van der Waals surface area contributed by atoms with Gasteiger partial charge in [0.05, 0.1) is 0 Å². The summed E-state index contributed by atoms with van der Waals surface area (Å²) in [5.74, 6) is -2.29. The van der Waals surface area contributed by atoms with E-state index in [1.807, 2.05) is 0 Å². The van der Waals surface area contributed by atoms with E-state index in [2.05, 4.69) is 4.74 Å². The van der Waals surface area contributed by atoms with Crippen LogP contribution in [0.5, 0.6) is 5.75 Å². The normalized spacial score (nSPS) is 10.2. The number of ether oxygens (including phenoxy) is 2. The molecule has 0 heterocycles. The summed E-state index contributed by atoms with van der Waals surface area (Å²) in [5.41, 5.74) is -0.456. The Morgan fingerprint density at radius 2 is 1.93 bits per heavy atom. The number of methoxy groups -OCH3 is 1. The van der Waals surface area contributed by atoms with E-state index in [-0.39, 0.29) is 12.5 Å². The van der Waals surface area contributed by atoms with Crippen LogP contribution in [0.25, 0.3) is 0 Å². The summed E-state index contributed by atoms with van der Waals surface area (Å²) in [6.07, 6.45) is 0. The van der Waals surface area contributed by atoms with E-state index in [1.54, 1.807) is 0 Å². The summed E-state index contributed by atoms with van der Waals surface area (Å²) in [6.45, 7) is -0.219. The molecule has 0 amide bonds. The van der Waals surface area contributed by atoms with Crippen molar-refractivity contribution in [2.45, 2.75) is 0 Å². The zero-order chi connectivity index (χ0) is 11.4. The molecule has 0 bridgehead atoms. The van der Waals surface area contributed by atoms with Gasteiger partial charge in [0.15, 0.2) is 18.4 Å². The van der Waals surface area contributed by atoms with Gasteiger partial charge in [-0.2, -0.15) is 0 Å². The molecule has 1 aromatic rings. The van der Waals surface area contributed by atoms with Crippen molar-refractivity contribution in [1.29, 1.82) is 0 Å². The standard InChI is InChI=1S/C8H9BF2O4/c1-14-4-15-8-2-5(9(12)13)6(10)3-7(8)11/h2-3,12-13H,4H2,1H3. The highest BCUT2D eigenvalue weighted by Gasteiger charge is 2.20. The lowest BCUT2D eigenvalue weighted by Crippen LogP contribution is -2.33. The summed E-state index contributed by atoms with van der Waals surface area (Å²) in [4.78, 5) is 0. The van der Waals surface area contributed by atoms with Crippen LogP contribution in [-0.4, -0.2) is 31.1 Å². The molecule has 0 spiro atoms. The lowest BCUT2D eigenvalue weighted by atomic mass is 9.80. The van der Waals surface area contributed by atoms with E-state index in [0.29, 0.717) is 6.07 Å². The van der Waals surface area contributed by atoms with Gasteiger partial charge in [-0.25, -0.2) is 8.78 Å². The molecule has 0 saturated carbocycles. The smallest absolute Gasteiger partial charge is 0.465 e. The van der Waals surface area contributed by atoms with Crippen LogP contribution in [0, 0.1) is 11.6 Å². The van der Waals surface area contributed by atoms with Crippen molar-refractivity contribution in [3.63, 3.8) is 0 Å². The summed E-state index contributed by atoms with van der Waals surface area (Å²) < 4.78 is 35.3. The van der Waals surface area contributed by atoms with Crippen molar-refractivity contribution < 1.29 is 28.3 Å². The molecule has 0 aliphatic heterocycles. The first-order valence-corrected chi connectivity index (χ1v) is 4.03. The zero-order valence-corrected chi connectivity index (χ0v) is 7.91. The van der Waals surface area contributed by atoms with E-state index >= 15 is 0 Å². The van der Waals surface area contributed by atoms with Crippen LogP contribution >= 0.6 is 0 Å². The molecule has 0 aliphatic rings. The van der Waals surface area contributed by atoms with Crippen molar-refractivity contribution in [3.05, 3.63) is 23.8 Å². The maximum absolute atomic E-state index is 13.0. The Kier molecular flexibility index (Phi) is 4.01.